The zero-order valence-electron chi connectivity index (χ0n) is 11.5. The van der Waals surface area contributed by atoms with E-state index in [1.165, 1.54) is 10.4 Å². The minimum absolute atomic E-state index is 0.129. The van der Waals surface area contributed by atoms with Crippen LogP contribution < -0.4 is 0 Å². The summed E-state index contributed by atoms with van der Waals surface area (Å²) in [5, 5.41) is 0. The Morgan fingerprint density at radius 3 is 2.56 bits per heavy atom. The smallest absolute Gasteiger partial charge is 0.264 e. The summed E-state index contributed by atoms with van der Waals surface area (Å²) < 4.78 is 5.66. The van der Waals surface area contributed by atoms with Crippen molar-refractivity contribution in [3.8, 4) is 0 Å². The number of aryl methyl sites for hydroxylation is 2. The summed E-state index contributed by atoms with van der Waals surface area (Å²) in [5.74, 6) is 0.157. The van der Waals surface area contributed by atoms with Crippen LogP contribution >= 0.6 is 11.3 Å². The Morgan fingerprint density at radius 1 is 1.44 bits per heavy atom. The first kappa shape index (κ1) is 13.6. The summed E-state index contributed by atoms with van der Waals surface area (Å²) in [4.78, 5) is 16.6. The van der Waals surface area contributed by atoms with Crippen LogP contribution in [0.5, 0.6) is 0 Å². The molecule has 1 aromatic rings. The zero-order valence-corrected chi connectivity index (χ0v) is 12.3. The maximum absolute atomic E-state index is 12.5. The summed E-state index contributed by atoms with van der Waals surface area (Å²) in [6.45, 7) is 9.64. The van der Waals surface area contributed by atoms with Crippen molar-refractivity contribution in [2.24, 2.45) is 0 Å². The van der Waals surface area contributed by atoms with Gasteiger partial charge in [-0.15, -0.1) is 11.3 Å². The van der Waals surface area contributed by atoms with Gasteiger partial charge >= 0.3 is 0 Å². The highest BCUT2D eigenvalue weighted by atomic mass is 32.1. The molecule has 0 N–H and O–H groups in total. The molecule has 18 heavy (non-hydrogen) atoms. The minimum atomic E-state index is 0.129. The molecule has 0 saturated carbocycles. The number of rotatable bonds is 2. The van der Waals surface area contributed by atoms with Gasteiger partial charge in [0.15, 0.2) is 0 Å². The lowest BCUT2D eigenvalue weighted by atomic mass is 10.2. The molecule has 1 saturated heterocycles. The van der Waals surface area contributed by atoms with E-state index >= 15 is 0 Å². The van der Waals surface area contributed by atoms with Gasteiger partial charge in [-0.25, -0.2) is 0 Å². The van der Waals surface area contributed by atoms with Crippen molar-refractivity contribution in [2.75, 3.05) is 13.1 Å². The van der Waals surface area contributed by atoms with Gasteiger partial charge in [-0.1, -0.05) is 6.92 Å². The Kier molecular flexibility index (Phi) is 4.07. The molecule has 2 heterocycles. The molecule has 100 valence electrons. The van der Waals surface area contributed by atoms with Crippen LogP contribution in [0.4, 0.5) is 0 Å². The molecule has 1 aliphatic heterocycles. The molecular formula is C14H21NO2S. The van der Waals surface area contributed by atoms with E-state index in [-0.39, 0.29) is 18.1 Å². The highest BCUT2D eigenvalue weighted by Crippen LogP contribution is 2.24. The Balaban J connectivity index is 2.14. The Labute approximate surface area is 113 Å². The molecule has 0 radical (unpaired) electrons. The number of amides is 1. The van der Waals surface area contributed by atoms with E-state index in [0.717, 1.165) is 11.3 Å². The SMILES string of the molecule is CCc1sc(C(=O)N2C[C@@H](C)O[C@H](C)C2)cc1C. The third kappa shape index (κ3) is 2.75. The second kappa shape index (κ2) is 5.41. The molecule has 2 atom stereocenters. The number of morpholine rings is 1. The fourth-order valence-electron chi connectivity index (χ4n) is 2.48. The van der Waals surface area contributed by atoms with Gasteiger partial charge in [0, 0.05) is 18.0 Å². The Hall–Kier alpha value is -0.870. The summed E-state index contributed by atoms with van der Waals surface area (Å²) in [5.41, 5.74) is 1.24. The van der Waals surface area contributed by atoms with Crippen LogP contribution in [-0.4, -0.2) is 36.1 Å². The monoisotopic (exact) mass is 267 g/mol. The maximum atomic E-state index is 12.5. The number of carbonyl (C=O) groups excluding carboxylic acids is 1. The topological polar surface area (TPSA) is 29.5 Å². The van der Waals surface area contributed by atoms with Crippen LogP contribution in [0.2, 0.25) is 0 Å². The first-order valence-corrected chi connectivity index (χ1v) is 7.37. The minimum Gasteiger partial charge on any atom is -0.372 e. The van der Waals surface area contributed by atoms with E-state index in [0.29, 0.717) is 13.1 Å². The van der Waals surface area contributed by atoms with Gasteiger partial charge in [0.1, 0.15) is 0 Å². The van der Waals surface area contributed by atoms with E-state index in [9.17, 15) is 4.79 Å². The van der Waals surface area contributed by atoms with Gasteiger partial charge in [-0.05, 0) is 38.8 Å². The van der Waals surface area contributed by atoms with E-state index in [1.54, 1.807) is 11.3 Å². The van der Waals surface area contributed by atoms with Gasteiger partial charge in [-0.2, -0.15) is 0 Å². The van der Waals surface area contributed by atoms with E-state index < -0.39 is 0 Å². The van der Waals surface area contributed by atoms with Crippen molar-refractivity contribution < 1.29 is 9.53 Å². The fourth-order valence-corrected chi connectivity index (χ4v) is 3.56. The summed E-state index contributed by atoms with van der Waals surface area (Å²) in [6.07, 6.45) is 1.26. The number of thiophene rings is 1. The first-order chi connectivity index (χ1) is 8.51. The van der Waals surface area contributed by atoms with Crippen LogP contribution in [0.3, 0.4) is 0 Å². The number of hydrogen-bond acceptors (Lipinski definition) is 3. The second-order valence-electron chi connectivity index (χ2n) is 5.04. The third-order valence-electron chi connectivity index (χ3n) is 3.26. The Bertz CT molecular complexity index is 431. The highest BCUT2D eigenvalue weighted by molar-refractivity contribution is 7.14. The van der Waals surface area contributed by atoms with Gasteiger partial charge < -0.3 is 9.64 Å². The molecule has 0 bridgehead atoms. The van der Waals surface area contributed by atoms with Crippen molar-refractivity contribution in [2.45, 2.75) is 46.3 Å². The van der Waals surface area contributed by atoms with E-state index in [4.69, 9.17) is 4.74 Å². The average molecular weight is 267 g/mol. The lowest BCUT2D eigenvalue weighted by Crippen LogP contribution is -2.48. The van der Waals surface area contributed by atoms with Crippen LogP contribution in [-0.2, 0) is 11.2 Å². The fraction of sp³-hybridized carbons (Fsp3) is 0.643. The molecular weight excluding hydrogens is 246 g/mol. The molecule has 1 aromatic heterocycles. The number of carbonyl (C=O) groups is 1. The summed E-state index contributed by atoms with van der Waals surface area (Å²) in [7, 11) is 0. The molecule has 0 aromatic carbocycles. The van der Waals surface area contributed by atoms with Gasteiger partial charge in [-0.3, -0.25) is 4.79 Å². The van der Waals surface area contributed by atoms with Gasteiger partial charge in [0.25, 0.3) is 5.91 Å². The zero-order chi connectivity index (χ0) is 13.3. The quantitative estimate of drug-likeness (QED) is 0.824. The Morgan fingerprint density at radius 2 is 2.06 bits per heavy atom. The van der Waals surface area contributed by atoms with E-state index in [2.05, 4.69) is 13.8 Å². The summed E-state index contributed by atoms with van der Waals surface area (Å²) >= 11 is 1.63. The highest BCUT2D eigenvalue weighted by Gasteiger charge is 2.27. The molecule has 1 amide bonds. The van der Waals surface area contributed by atoms with Crippen molar-refractivity contribution in [3.05, 3.63) is 21.4 Å². The first-order valence-electron chi connectivity index (χ1n) is 6.55. The second-order valence-corrected chi connectivity index (χ2v) is 6.17. The van der Waals surface area contributed by atoms with Crippen molar-refractivity contribution in [3.63, 3.8) is 0 Å². The molecule has 0 spiro atoms. The van der Waals surface area contributed by atoms with Crippen LogP contribution in [0.15, 0.2) is 6.07 Å². The predicted molar refractivity (Wildman–Crippen MR) is 74.3 cm³/mol. The average Bonchev–Trinajstić information content (AvgIpc) is 2.68. The van der Waals surface area contributed by atoms with Crippen LogP contribution in [0.1, 0.15) is 40.9 Å². The molecule has 1 fully saturated rings. The molecule has 3 nitrogen and oxygen atoms in total. The third-order valence-corrected chi connectivity index (χ3v) is 4.63. The largest absolute Gasteiger partial charge is 0.372 e. The van der Waals surface area contributed by atoms with Crippen LogP contribution in [0.25, 0.3) is 0 Å². The van der Waals surface area contributed by atoms with Crippen molar-refractivity contribution >= 4 is 17.2 Å². The number of ether oxygens (including phenoxy) is 1. The van der Waals surface area contributed by atoms with Crippen molar-refractivity contribution in [1.82, 2.24) is 4.90 Å². The van der Waals surface area contributed by atoms with Crippen molar-refractivity contribution in [1.29, 1.82) is 0 Å². The molecule has 0 unspecified atom stereocenters. The van der Waals surface area contributed by atoms with Gasteiger partial charge in [0.2, 0.25) is 0 Å². The lowest BCUT2D eigenvalue weighted by molar-refractivity contribution is -0.0585. The van der Waals surface area contributed by atoms with E-state index in [1.807, 2.05) is 24.8 Å². The molecule has 0 aliphatic carbocycles. The maximum Gasteiger partial charge on any atom is 0.264 e. The predicted octanol–water partition coefficient (Wildman–Crippen LogP) is 2.87. The van der Waals surface area contributed by atoms with Crippen LogP contribution in [0, 0.1) is 6.92 Å². The standard InChI is InChI=1S/C14H21NO2S/c1-5-12-9(2)6-13(18-12)14(16)15-7-10(3)17-11(4)8-15/h6,10-11H,5,7-8H2,1-4H3/t10-,11-/m1/s1. The normalized spacial score (nSPS) is 24.3. The molecule has 2 rings (SSSR count). The number of nitrogens with zero attached hydrogens (tertiary/aromatic N) is 1. The summed E-state index contributed by atoms with van der Waals surface area (Å²) in [6, 6.07) is 2.02. The molecule has 4 heteroatoms. The van der Waals surface area contributed by atoms with Gasteiger partial charge in [0.05, 0.1) is 17.1 Å². The number of hydrogen-bond donors (Lipinski definition) is 0. The lowest BCUT2D eigenvalue weighted by Gasteiger charge is -2.35. The molecule has 1 aliphatic rings.